The van der Waals surface area contributed by atoms with Gasteiger partial charge in [-0.2, -0.15) is 0 Å². The second-order valence-corrected chi connectivity index (χ2v) is 11.5. The summed E-state index contributed by atoms with van der Waals surface area (Å²) in [5.74, 6) is -0.114. The van der Waals surface area contributed by atoms with Crippen molar-refractivity contribution in [2.45, 2.75) is 50.5 Å². The molecule has 6 rings (SSSR count). The average Bonchev–Trinajstić information content (AvgIpc) is 3.09. The summed E-state index contributed by atoms with van der Waals surface area (Å²) >= 11 is 0. The lowest BCUT2D eigenvalue weighted by Gasteiger charge is -2.32. The summed E-state index contributed by atoms with van der Waals surface area (Å²) in [5.41, 5.74) is 3.35. The van der Waals surface area contributed by atoms with Crippen LogP contribution >= 0.6 is 0 Å². The Kier molecular flexibility index (Phi) is 10.00. The number of ether oxygens (including phenoxy) is 2. The number of benzene rings is 4. The summed E-state index contributed by atoms with van der Waals surface area (Å²) in [7, 11) is 0. The Morgan fingerprint density at radius 2 is 1.53 bits per heavy atom. The molecule has 0 bridgehead atoms. The van der Waals surface area contributed by atoms with Gasteiger partial charge in [-0.15, -0.1) is 0 Å². The molecule has 1 aromatic heterocycles. The first-order valence-corrected chi connectivity index (χ1v) is 15.7. The van der Waals surface area contributed by atoms with Crippen LogP contribution in [0.5, 0.6) is 11.5 Å². The Labute approximate surface area is 264 Å². The molecule has 0 aliphatic heterocycles. The van der Waals surface area contributed by atoms with E-state index in [4.69, 9.17) is 9.47 Å². The molecule has 0 atom stereocenters. The first kappa shape index (κ1) is 30.3. The number of phenolic OH excluding ortho intramolecular Hbond substituents is 1. The molecule has 5 aromatic rings. The molecule has 0 radical (unpaired) electrons. The highest BCUT2D eigenvalue weighted by atomic mass is 16.5. The normalized spacial score (nSPS) is 16.5. The Morgan fingerprint density at radius 3 is 2.22 bits per heavy atom. The number of nitrogens with zero attached hydrogens (tertiary/aromatic N) is 1. The Balaban J connectivity index is 1.02. The molecule has 230 valence electrons. The fraction of sp³-hybridized carbons (Fsp3) is 0.263. The molecule has 1 fully saturated rings. The number of aromatic nitrogens is 1. The summed E-state index contributed by atoms with van der Waals surface area (Å²) in [6, 6.07) is 34.1. The van der Waals surface area contributed by atoms with Crippen molar-refractivity contribution in [2.75, 3.05) is 13.1 Å². The van der Waals surface area contributed by atoms with Crippen molar-refractivity contribution >= 4 is 16.7 Å². The maximum Gasteiger partial charge on any atom is 0.258 e. The lowest BCUT2D eigenvalue weighted by atomic mass is 9.92. The fourth-order valence-corrected chi connectivity index (χ4v) is 6.05. The van der Waals surface area contributed by atoms with Gasteiger partial charge in [0.15, 0.2) is 0 Å². The van der Waals surface area contributed by atoms with Gasteiger partial charge in [0.25, 0.3) is 5.91 Å². The molecule has 4 aromatic carbocycles. The zero-order valence-corrected chi connectivity index (χ0v) is 25.3. The maximum atomic E-state index is 13.4. The quantitative estimate of drug-likeness (QED) is 0.134. The molecule has 7 heteroatoms. The van der Waals surface area contributed by atoms with Crippen LogP contribution in [0.15, 0.2) is 116 Å². The summed E-state index contributed by atoms with van der Waals surface area (Å²) in [6.07, 6.45) is 7.50. The van der Waals surface area contributed by atoms with Crippen LogP contribution in [-0.2, 0) is 11.3 Å². The van der Waals surface area contributed by atoms with E-state index in [0.717, 1.165) is 42.0 Å². The van der Waals surface area contributed by atoms with Gasteiger partial charge < -0.3 is 25.2 Å². The van der Waals surface area contributed by atoms with Crippen LogP contribution in [0.1, 0.15) is 58.8 Å². The van der Waals surface area contributed by atoms with Crippen molar-refractivity contribution in [1.82, 2.24) is 15.6 Å². The molecule has 1 saturated carbocycles. The van der Waals surface area contributed by atoms with Gasteiger partial charge in [0.2, 0.25) is 0 Å². The number of fused-ring (bicyclic) bond motifs is 1. The predicted molar refractivity (Wildman–Crippen MR) is 176 cm³/mol. The lowest BCUT2D eigenvalue weighted by Crippen LogP contribution is -2.40. The second-order valence-electron chi connectivity index (χ2n) is 11.5. The van der Waals surface area contributed by atoms with Crippen molar-refractivity contribution in [2.24, 2.45) is 0 Å². The fourth-order valence-electron chi connectivity index (χ4n) is 6.05. The van der Waals surface area contributed by atoms with Crippen LogP contribution < -0.4 is 15.4 Å². The van der Waals surface area contributed by atoms with Crippen LogP contribution in [0.3, 0.4) is 0 Å². The zero-order valence-electron chi connectivity index (χ0n) is 25.3. The van der Waals surface area contributed by atoms with E-state index in [1.54, 1.807) is 18.5 Å². The minimum absolute atomic E-state index is 0.0816. The van der Waals surface area contributed by atoms with E-state index in [9.17, 15) is 9.90 Å². The third-order valence-electron chi connectivity index (χ3n) is 8.36. The number of hydrogen-bond donors (Lipinski definition) is 3. The van der Waals surface area contributed by atoms with E-state index in [0.29, 0.717) is 24.9 Å². The van der Waals surface area contributed by atoms with Crippen molar-refractivity contribution in [3.8, 4) is 11.5 Å². The number of aromatic hydroxyl groups is 1. The topological polar surface area (TPSA) is 92.7 Å². The lowest BCUT2D eigenvalue weighted by molar-refractivity contribution is -0.0162. The van der Waals surface area contributed by atoms with E-state index < -0.39 is 0 Å². The number of pyridine rings is 1. The highest BCUT2D eigenvalue weighted by Crippen LogP contribution is 2.37. The standard InChI is InChI=1S/C38H39N3O4/c42-34-24-30-15-7-8-16-33(30)37(44-26-27-10-9-21-39-25-27)35(34)38(43)41-23-22-40-31-17-19-32(20-18-31)45-36(28-11-3-1-4-12-28)29-13-5-2-6-14-29/h1-16,21,24-25,31-32,36,40,42H,17-20,22-23,26H2,(H,41,43). The minimum Gasteiger partial charge on any atom is -0.507 e. The van der Waals surface area contributed by atoms with Gasteiger partial charge in [-0.3, -0.25) is 9.78 Å². The Morgan fingerprint density at radius 1 is 0.844 bits per heavy atom. The first-order valence-electron chi connectivity index (χ1n) is 15.7. The molecule has 0 unspecified atom stereocenters. The molecule has 45 heavy (non-hydrogen) atoms. The molecule has 1 aliphatic rings. The molecule has 0 spiro atoms. The van der Waals surface area contributed by atoms with Crippen LogP contribution in [0.4, 0.5) is 0 Å². The third kappa shape index (κ3) is 7.69. The van der Waals surface area contributed by atoms with Crippen LogP contribution in [-0.4, -0.2) is 41.2 Å². The van der Waals surface area contributed by atoms with Crippen molar-refractivity contribution < 1.29 is 19.4 Å². The summed E-state index contributed by atoms with van der Waals surface area (Å²) in [6.45, 7) is 1.28. The van der Waals surface area contributed by atoms with Gasteiger partial charge in [-0.25, -0.2) is 0 Å². The second kappa shape index (κ2) is 14.8. The molecule has 7 nitrogen and oxygen atoms in total. The van der Waals surface area contributed by atoms with Gasteiger partial charge in [0.1, 0.15) is 29.8 Å². The van der Waals surface area contributed by atoms with Crippen molar-refractivity contribution in [3.63, 3.8) is 0 Å². The SMILES string of the molecule is O=C(NCCNC1CCC(OC(c2ccccc2)c2ccccc2)CC1)c1c(O)cc2ccccc2c1OCc1cccnc1. The van der Waals surface area contributed by atoms with E-state index in [1.165, 1.54) is 11.1 Å². The van der Waals surface area contributed by atoms with Crippen molar-refractivity contribution in [3.05, 3.63) is 138 Å². The summed E-state index contributed by atoms with van der Waals surface area (Å²) in [5, 5.41) is 19.0. The van der Waals surface area contributed by atoms with Gasteiger partial charge in [0.05, 0.1) is 6.10 Å². The monoisotopic (exact) mass is 601 g/mol. The highest BCUT2D eigenvalue weighted by Gasteiger charge is 2.26. The molecule has 1 aliphatic carbocycles. The van der Waals surface area contributed by atoms with Gasteiger partial charge >= 0.3 is 0 Å². The van der Waals surface area contributed by atoms with E-state index in [1.807, 2.05) is 48.5 Å². The van der Waals surface area contributed by atoms with Crippen LogP contribution in [0.25, 0.3) is 10.8 Å². The van der Waals surface area contributed by atoms with E-state index in [-0.39, 0.29) is 36.0 Å². The number of carbonyl (C=O) groups is 1. The smallest absolute Gasteiger partial charge is 0.258 e. The molecule has 0 saturated heterocycles. The number of carbonyl (C=O) groups excluding carboxylic acids is 1. The molecule has 1 heterocycles. The Bertz CT molecular complexity index is 1630. The van der Waals surface area contributed by atoms with E-state index in [2.05, 4.69) is 64.1 Å². The predicted octanol–water partition coefficient (Wildman–Crippen LogP) is 6.96. The number of rotatable bonds is 12. The van der Waals surface area contributed by atoms with Gasteiger partial charge in [0, 0.05) is 42.5 Å². The van der Waals surface area contributed by atoms with Gasteiger partial charge in [-0.1, -0.05) is 91.0 Å². The number of hydrogen-bond acceptors (Lipinski definition) is 6. The Hall–Kier alpha value is -4.72. The van der Waals surface area contributed by atoms with Crippen LogP contribution in [0, 0.1) is 0 Å². The number of phenols is 1. The maximum absolute atomic E-state index is 13.4. The molecular weight excluding hydrogens is 562 g/mol. The average molecular weight is 602 g/mol. The number of nitrogens with one attached hydrogen (secondary N) is 2. The molecule has 1 amide bonds. The molecular formula is C38H39N3O4. The minimum atomic E-state index is -0.369. The zero-order chi connectivity index (χ0) is 30.8. The molecule has 3 N–H and O–H groups in total. The highest BCUT2D eigenvalue weighted by molar-refractivity contribution is 6.06. The number of amides is 1. The largest absolute Gasteiger partial charge is 0.507 e. The van der Waals surface area contributed by atoms with E-state index >= 15 is 0 Å². The summed E-state index contributed by atoms with van der Waals surface area (Å²) < 4.78 is 12.8. The van der Waals surface area contributed by atoms with Gasteiger partial charge in [-0.05, 0) is 54.3 Å². The van der Waals surface area contributed by atoms with Crippen LogP contribution in [0.2, 0.25) is 0 Å². The van der Waals surface area contributed by atoms with Crippen molar-refractivity contribution in [1.29, 1.82) is 0 Å². The first-order chi connectivity index (χ1) is 22.2. The summed E-state index contributed by atoms with van der Waals surface area (Å²) in [4.78, 5) is 17.5. The third-order valence-corrected chi connectivity index (χ3v) is 8.36.